The third-order valence-corrected chi connectivity index (χ3v) is 9.31. The van der Waals surface area contributed by atoms with Crippen molar-refractivity contribution in [2.45, 2.75) is 49.3 Å². The molecule has 0 amide bonds. The molecule has 0 unspecified atom stereocenters. The maximum atomic E-state index is 13.0. The molecule has 0 aliphatic heterocycles. The van der Waals surface area contributed by atoms with Crippen molar-refractivity contribution in [1.29, 1.82) is 0 Å². The van der Waals surface area contributed by atoms with Crippen LogP contribution in [0.15, 0.2) is 83.6 Å². The SMILES string of the molecule is C=CCN(CCCCCCN(CC=C)S(=O)(=O)c1ccc(C)cc1)S(=O)(=O)c1ccc(C)cc1. The van der Waals surface area contributed by atoms with Crippen LogP contribution in [0.4, 0.5) is 0 Å². The molecule has 2 aromatic carbocycles. The Bertz CT molecular complexity index is 1050. The third-order valence-electron chi connectivity index (χ3n) is 5.55. The van der Waals surface area contributed by atoms with E-state index in [2.05, 4.69) is 13.2 Å². The highest BCUT2D eigenvalue weighted by Gasteiger charge is 2.24. The summed E-state index contributed by atoms with van der Waals surface area (Å²) in [5.41, 5.74) is 2.01. The van der Waals surface area contributed by atoms with Crippen LogP contribution in [-0.2, 0) is 20.0 Å². The third kappa shape index (κ3) is 7.63. The van der Waals surface area contributed by atoms with Gasteiger partial charge in [-0.25, -0.2) is 16.8 Å². The predicted molar refractivity (Wildman–Crippen MR) is 139 cm³/mol. The molecule has 0 N–H and O–H groups in total. The summed E-state index contributed by atoms with van der Waals surface area (Å²) >= 11 is 0. The minimum Gasteiger partial charge on any atom is -0.207 e. The topological polar surface area (TPSA) is 74.8 Å². The van der Waals surface area contributed by atoms with E-state index in [1.54, 1.807) is 60.7 Å². The van der Waals surface area contributed by atoms with Gasteiger partial charge in [-0.15, -0.1) is 13.2 Å². The summed E-state index contributed by atoms with van der Waals surface area (Å²) in [4.78, 5) is 0.558. The Labute approximate surface area is 205 Å². The predicted octanol–water partition coefficient (Wildman–Crippen LogP) is 4.92. The molecule has 0 spiro atoms. The largest absolute Gasteiger partial charge is 0.243 e. The lowest BCUT2D eigenvalue weighted by atomic mass is 10.2. The van der Waals surface area contributed by atoms with E-state index in [9.17, 15) is 16.8 Å². The fourth-order valence-electron chi connectivity index (χ4n) is 3.56. The van der Waals surface area contributed by atoms with Crippen molar-refractivity contribution in [3.05, 3.63) is 85.0 Å². The molecular weight excluding hydrogens is 468 g/mol. The number of hydrogen-bond donors (Lipinski definition) is 0. The molecular formula is C26H36N2O4S2. The molecule has 6 nitrogen and oxygen atoms in total. The van der Waals surface area contributed by atoms with Crippen LogP contribution in [0.5, 0.6) is 0 Å². The number of benzene rings is 2. The van der Waals surface area contributed by atoms with Crippen LogP contribution in [0.3, 0.4) is 0 Å². The van der Waals surface area contributed by atoms with Gasteiger partial charge in [-0.1, -0.05) is 60.4 Å². The number of nitrogens with zero attached hydrogens (tertiary/aromatic N) is 2. The lowest BCUT2D eigenvalue weighted by Crippen LogP contribution is -2.32. The van der Waals surface area contributed by atoms with Gasteiger partial charge in [-0.3, -0.25) is 0 Å². The van der Waals surface area contributed by atoms with Crippen molar-refractivity contribution < 1.29 is 16.8 Å². The van der Waals surface area contributed by atoms with Crippen molar-refractivity contribution in [2.24, 2.45) is 0 Å². The molecule has 0 bridgehead atoms. The minimum atomic E-state index is -3.58. The summed E-state index contributed by atoms with van der Waals surface area (Å²) in [6, 6.07) is 13.7. The maximum absolute atomic E-state index is 13.0. The Kier molecular flexibility index (Phi) is 10.7. The molecule has 2 aromatic rings. The standard InChI is InChI=1S/C26H36N2O4S2/c1-5-19-27(33(29,30)25-15-11-23(3)12-16-25)21-9-7-8-10-22-28(20-6-2)34(31,32)26-17-13-24(4)14-18-26/h5-6,11-18H,1-2,7-10,19-22H2,3-4H3. The number of rotatable bonds is 15. The number of hydrogen-bond acceptors (Lipinski definition) is 4. The van der Waals surface area contributed by atoms with Crippen molar-refractivity contribution in [2.75, 3.05) is 26.2 Å². The molecule has 0 fully saturated rings. The molecule has 0 aliphatic rings. The molecule has 0 saturated heterocycles. The van der Waals surface area contributed by atoms with E-state index < -0.39 is 20.0 Å². The van der Waals surface area contributed by atoms with E-state index in [-0.39, 0.29) is 22.9 Å². The van der Waals surface area contributed by atoms with E-state index >= 15 is 0 Å². The van der Waals surface area contributed by atoms with Crippen LogP contribution in [0.2, 0.25) is 0 Å². The van der Waals surface area contributed by atoms with Crippen molar-refractivity contribution in [3.63, 3.8) is 0 Å². The van der Waals surface area contributed by atoms with E-state index in [1.807, 2.05) is 13.8 Å². The zero-order valence-electron chi connectivity index (χ0n) is 20.2. The van der Waals surface area contributed by atoms with Gasteiger partial charge >= 0.3 is 0 Å². The molecule has 8 heteroatoms. The summed E-state index contributed by atoms with van der Waals surface area (Å²) in [6.45, 7) is 12.5. The van der Waals surface area contributed by atoms with Crippen LogP contribution in [-0.4, -0.2) is 51.6 Å². The Morgan fingerprint density at radius 3 is 1.24 bits per heavy atom. The van der Waals surface area contributed by atoms with Gasteiger partial charge in [-0.2, -0.15) is 8.61 Å². The van der Waals surface area contributed by atoms with Crippen LogP contribution < -0.4 is 0 Å². The molecule has 0 heterocycles. The minimum absolute atomic E-state index is 0.248. The lowest BCUT2D eigenvalue weighted by molar-refractivity contribution is 0.407. The summed E-state index contributed by atoms with van der Waals surface area (Å²) in [5, 5.41) is 0. The second-order valence-electron chi connectivity index (χ2n) is 8.34. The highest BCUT2D eigenvalue weighted by molar-refractivity contribution is 7.89. The van der Waals surface area contributed by atoms with Gasteiger partial charge in [0.25, 0.3) is 0 Å². The monoisotopic (exact) mass is 504 g/mol. The molecule has 0 saturated carbocycles. The summed E-state index contributed by atoms with van der Waals surface area (Å²) in [7, 11) is -7.17. The fourth-order valence-corrected chi connectivity index (χ4v) is 6.45. The first-order valence-electron chi connectivity index (χ1n) is 11.5. The van der Waals surface area contributed by atoms with Crippen molar-refractivity contribution >= 4 is 20.0 Å². The lowest BCUT2D eigenvalue weighted by Gasteiger charge is -2.22. The van der Waals surface area contributed by atoms with Crippen LogP contribution in [0, 0.1) is 13.8 Å². The quantitative estimate of drug-likeness (QED) is 0.255. The molecule has 0 aromatic heterocycles. The van der Waals surface area contributed by atoms with Crippen LogP contribution in [0.1, 0.15) is 36.8 Å². The molecule has 34 heavy (non-hydrogen) atoms. The van der Waals surface area contributed by atoms with Gasteiger partial charge in [0.1, 0.15) is 0 Å². The Hall–Kier alpha value is -2.26. The molecule has 0 aliphatic carbocycles. The second kappa shape index (κ2) is 13.0. The van der Waals surface area contributed by atoms with Crippen molar-refractivity contribution in [3.8, 4) is 0 Å². The van der Waals surface area contributed by atoms with Crippen LogP contribution >= 0.6 is 0 Å². The summed E-state index contributed by atoms with van der Waals surface area (Å²) in [6.07, 6.45) is 6.15. The van der Waals surface area contributed by atoms with Gasteiger partial charge < -0.3 is 0 Å². The van der Waals surface area contributed by atoms with E-state index in [0.29, 0.717) is 25.9 Å². The Morgan fingerprint density at radius 2 is 0.941 bits per heavy atom. The van der Waals surface area contributed by atoms with E-state index in [4.69, 9.17) is 0 Å². The van der Waals surface area contributed by atoms with Gasteiger partial charge in [-0.05, 0) is 51.0 Å². The van der Waals surface area contributed by atoms with Gasteiger partial charge in [0, 0.05) is 26.2 Å². The first-order valence-corrected chi connectivity index (χ1v) is 14.4. The smallest absolute Gasteiger partial charge is 0.207 e. The van der Waals surface area contributed by atoms with E-state index in [1.165, 1.54) is 8.61 Å². The van der Waals surface area contributed by atoms with Gasteiger partial charge in [0.05, 0.1) is 9.79 Å². The summed E-state index contributed by atoms with van der Waals surface area (Å²) < 4.78 is 54.8. The van der Waals surface area contributed by atoms with Crippen LogP contribution in [0.25, 0.3) is 0 Å². The Morgan fingerprint density at radius 1 is 0.618 bits per heavy atom. The number of sulfonamides is 2. The maximum Gasteiger partial charge on any atom is 0.243 e. The second-order valence-corrected chi connectivity index (χ2v) is 12.2. The molecule has 0 radical (unpaired) electrons. The van der Waals surface area contributed by atoms with E-state index in [0.717, 1.165) is 24.0 Å². The highest BCUT2D eigenvalue weighted by atomic mass is 32.2. The van der Waals surface area contributed by atoms with Gasteiger partial charge in [0.15, 0.2) is 0 Å². The summed E-state index contributed by atoms with van der Waals surface area (Å²) in [5.74, 6) is 0. The Balaban J connectivity index is 1.90. The average molecular weight is 505 g/mol. The zero-order valence-corrected chi connectivity index (χ0v) is 21.8. The van der Waals surface area contributed by atoms with Crippen molar-refractivity contribution in [1.82, 2.24) is 8.61 Å². The fraction of sp³-hybridized carbons (Fsp3) is 0.385. The molecule has 186 valence electrons. The number of unbranched alkanes of at least 4 members (excludes halogenated alkanes) is 3. The van der Waals surface area contributed by atoms with Gasteiger partial charge in [0.2, 0.25) is 20.0 Å². The normalized spacial score (nSPS) is 12.2. The highest BCUT2D eigenvalue weighted by Crippen LogP contribution is 2.19. The zero-order chi connectivity index (χ0) is 25.2. The average Bonchev–Trinajstić information content (AvgIpc) is 2.80. The molecule has 0 atom stereocenters. The first-order chi connectivity index (χ1) is 16.1. The molecule has 2 rings (SSSR count). The first kappa shape index (κ1) is 28.0. The number of aryl methyl sites for hydroxylation is 2.